The molecule has 12 heteroatoms. The Morgan fingerprint density at radius 2 is 2.16 bits per heavy atom. The van der Waals surface area contributed by atoms with Crippen LogP contribution in [0.25, 0.3) is 5.65 Å². The van der Waals surface area contributed by atoms with Gasteiger partial charge in [-0.05, 0) is 22.6 Å². The molecule has 0 saturated heterocycles. The molecule has 0 aliphatic heterocycles. The third kappa shape index (κ3) is 2.89. The van der Waals surface area contributed by atoms with Gasteiger partial charge in [0.05, 0.1) is 16.9 Å². The third-order valence-corrected chi connectivity index (χ3v) is 3.31. The minimum absolute atomic E-state index is 0.113. The predicted octanol–water partition coefficient (Wildman–Crippen LogP) is 0.0817. The Morgan fingerprint density at radius 1 is 1.40 bits per heavy atom. The number of fused-ring (bicyclic) bond motifs is 1. The average Bonchev–Trinajstić information content (AvgIpc) is 3.04. The summed E-state index contributed by atoms with van der Waals surface area (Å²) >= 11 is 5.79. The number of aromatic nitrogens is 6. The first-order chi connectivity index (χ1) is 11.9. The molecule has 124 valence electrons. The molecule has 3 aromatic rings. The van der Waals surface area contributed by atoms with Gasteiger partial charge in [-0.2, -0.15) is 0 Å². The van der Waals surface area contributed by atoms with Gasteiger partial charge in [0.1, 0.15) is 5.15 Å². The molecule has 0 spiro atoms. The molecule has 1 amide bonds. The number of halogens is 1. The molecule has 0 radical (unpaired) electrons. The van der Waals surface area contributed by atoms with Crippen molar-refractivity contribution in [1.29, 1.82) is 0 Å². The number of pyridine rings is 1. The highest BCUT2D eigenvalue weighted by Gasteiger charge is 2.20. The van der Waals surface area contributed by atoms with E-state index >= 15 is 0 Å². The van der Waals surface area contributed by atoms with Crippen molar-refractivity contribution in [2.75, 3.05) is 11.1 Å². The highest BCUT2D eigenvalue weighted by Crippen LogP contribution is 2.22. The van der Waals surface area contributed by atoms with Crippen LogP contribution in [-0.2, 0) is 0 Å². The quantitative estimate of drug-likeness (QED) is 0.434. The lowest BCUT2D eigenvalue weighted by Gasteiger charge is -2.09. The molecule has 11 nitrogen and oxygen atoms in total. The molecular weight excluding hydrogens is 352 g/mol. The normalized spacial score (nSPS) is 10.4. The number of carboxylic acids is 1. The van der Waals surface area contributed by atoms with Crippen molar-refractivity contribution in [3.8, 4) is 12.3 Å². The van der Waals surface area contributed by atoms with Gasteiger partial charge in [0.15, 0.2) is 11.4 Å². The minimum atomic E-state index is -1.40. The van der Waals surface area contributed by atoms with Gasteiger partial charge in [-0.25, -0.2) is 9.78 Å². The second-order valence-corrected chi connectivity index (χ2v) is 4.96. The molecular formula is C13H7ClN8O3. The number of aromatic carboxylic acids is 1. The van der Waals surface area contributed by atoms with Crippen molar-refractivity contribution in [1.82, 2.24) is 30.2 Å². The lowest BCUT2D eigenvalue weighted by atomic mass is 10.2. The number of nitrogens with two attached hydrogens (primary N) is 1. The summed E-state index contributed by atoms with van der Waals surface area (Å²) in [5.74, 6) is 0.0757. The van der Waals surface area contributed by atoms with Crippen molar-refractivity contribution in [3.63, 3.8) is 0 Å². The first-order valence-corrected chi connectivity index (χ1v) is 6.85. The monoisotopic (exact) mass is 358 g/mol. The van der Waals surface area contributed by atoms with Gasteiger partial charge in [-0.1, -0.05) is 17.5 Å². The topological polar surface area (TPSA) is 161 Å². The van der Waals surface area contributed by atoms with E-state index in [1.165, 1.54) is 12.1 Å². The third-order valence-electron chi connectivity index (χ3n) is 3.02. The molecule has 3 aromatic heterocycles. The standard InChI is InChI=1S/C13H7ClN8O3/c1-2-5-3-7(9(13(24)25)17-10(5)14)16-12(23)8-4-6(15)11-18-20-21-22(11)19-8/h1,3-4H,15H2,(H,16,23)(H,24,25). The molecule has 0 aliphatic rings. The van der Waals surface area contributed by atoms with E-state index < -0.39 is 17.6 Å². The first kappa shape index (κ1) is 16.1. The Hall–Kier alpha value is -3.78. The van der Waals surface area contributed by atoms with Gasteiger partial charge < -0.3 is 16.2 Å². The van der Waals surface area contributed by atoms with Crippen LogP contribution in [-0.4, -0.2) is 47.2 Å². The van der Waals surface area contributed by atoms with Crippen LogP contribution in [0.5, 0.6) is 0 Å². The van der Waals surface area contributed by atoms with Gasteiger partial charge in [0.2, 0.25) is 5.65 Å². The second-order valence-electron chi connectivity index (χ2n) is 4.60. The number of terminal acetylenes is 1. The zero-order valence-corrected chi connectivity index (χ0v) is 12.9. The highest BCUT2D eigenvalue weighted by atomic mass is 35.5. The van der Waals surface area contributed by atoms with Crippen molar-refractivity contribution < 1.29 is 14.7 Å². The van der Waals surface area contributed by atoms with Crippen LogP contribution in [0.1, 0.15) is 26.5 Å². The zero-order valence-electron chi connectivity index (χ0n) is 12.1. The number of amides is 1. The molecule has 0 aromatic carbocycles. The maximum atomic E-state index is 12.4. The second kappa shape index (κ2) is 6.02. The molecule has 3 heterocycles. The number of carboxylic acid groups (broad SMARTS) is 1. The smallest absolute Gasteiger partial charge is 0.356 e. The van der Waals surface area contributed by atoms with Crippen LogP contribution < -0.4 is 11.1 Å². The summed E-state index contributed by atoms with van der Waals surface area (Å²) in [5.41, 5.74) is 5.37. The Balaban J connectivity index is 2.02. The number of hydrogen-bond acceptors (Lipinski definition) is 8. The first-order valence-electron chi connectivity index (χ1n) is 6.47. The minimum Gasteiger partial charge on any atom is -0.476 e. The van der Waals surface area contributed by atoms with Crippen LogP contribution in [0.4, 0.5) is 11.4 Å². The Labute approximate surface area is 143 Å². The number of rotatable bonds is 3. The van der Waals surface area contributed by atoms with Crippen molar-refractivity contribution in [2.24, 2.45) is 0 Å². The molecule has 25 heavy (non-hydrogen) atoms. The molecule has 0 fully saturated rings. The largest absolute Gasteiger partial charge is 0.476 e. The zero-order chi connectivity index (χ0) is 18.1. The van der Waals surface area contributed by atoms with Gasteiger partial charge in [-0.15, -0.1) is 21.3 Å². The number of hydrogen-bond donors (Lipinski definition) is 3. The van der Waals surface area contributed by atoms with E-state index in [0.29, 0.717) is 0 Å². The lowest BCUT2D eigenvalue weighted by Crippen LogP contribution is -2.19. The molecule has 0 aliphatic carbocycles. The molecule has 0 unspecified atom stereocenters. The summed E-state index contributed by atoms with van der Waals surface area (Å²) in [7, 11) is 0. The van der Waals surface area contributed by atoms with E-state index in [2.05, 4.69) is 36.8 Å². The van der Waals surface area contributed by atoms with Crippen LogP contribution in [0.2, 0.25) is 5.15 Å². The summed E-state index contributed by atoms with van der Waals surface area (Å²) in [6.07, 6.45) is 5.27. The fourth-order valence-corrected chi connectivity index (χ4v) is 2.11. The summed E-state index contributed by atoms with van der Waals surface area (Å²) in [6.45, 7) is 0. The van der Waals surface area contributed by atoms with E-state index in [1.54, 1.807) is 0 Å². The number of nitrogens with one attached hydrogen (secondary N) is 1. The summed E-state index contributed by atoms with van der Waals surface area (Å²) < 4.78 is 0.968. The van der Waals surface area contributed by atoms with Gasteiger partial charge >= 0.3 is 5.97 Å². The van der Waals surface area contributed by atoms with Crippen molar-refractivity contribution in [3.05, 3.63) is 34.2 Å². The van der Waals surface area contributed by atoms with Crippen LogP contribution >= 0.6 is 11.6 Å². The lowest BCUT2D eigenvalue weighted by molar-refractivity contribution is 0.0691. The SMILES string of the molecule is C#Cc1cc(NC(=O)c2cc(N)c3nnnn3n2)c(C(=O)O)nc1Cl. The number of carbonyl (C=O) groups is 2. The molecule has 0 atom stereocenters. The fraction of sp³-hybridized carbons (Fsp3) is 0. The number of anilines is 2. The molecule has 0 bridgehead atoms. The van der Waals surface area contributed by atoms with Gasteiger partial charge in [-0.3, -0.25) is 4.79 Å². The summed E-state index contributed by atoms with van der Waals surface area (Å²) in [5, 5.41) is 25.8. The fourth-order valence-electron chi connectivity index (χ4n) is 1.91. The maximum Gasteiger partial charge on any atom is 0.356 e. The number of tetrazole rings is 1. The number of carbonyl (C=O) groups excluding carboxylic acids is 1. The van der Waals surface area contributed by atoms with Gasteiger partial charge in [0.25, 0.3) is 5.91 Å². The highest BCUT2D eigenvalue weighted by molar-refractivity contribution is 6.31. The van der Waals surface area contributed by atoms with E-state index in [9.17, 15) is 14.7 Å². The van der Waals surface area contributed by atoms with Crippen LogP contribution in [0, 0.1) is 12.3 Å². The molecule has 0 saturated carbocycles. The maximum absolute atomic E-state index is 12.4. The molecule has 4 N–H and O–H groups in total. The Morgan fingerprint density at radius 3 is 2.84 bits per heavy atom. The van der Waals surface area contributed by atoms with Gasteiger partial charge in [0, 0.05) is 0 Å². The van der Waals surface area contributed by atoms with E-state index in [0.717, 1.165) is 4.63 Å². The summed E-state index contributed by atoms with van der Waals surface area (Å²) in [6, 6.07) is 2.46. The Kier molecular flexibility index (Phi) is 3.88. The molecule has 3 rings (SSSR count). The van der Waals surface area contributed by atoms with Crippen molar-refractivity contribution in [2.45, 2.75) is 0 Å². The number of nitrogens with zero attached hydrogens (tertiary/aromatic N) is 6. The Bertz CT molecular complexity index is 1070. The van der Waals surface area contributed by atoms with Crippen LogP contribution in [0.3, 0.4) is 0 Å². The predicted molar refractivity (Wildman–Crippen MR) is 85.1 cm³/mol. The van der Waals surface area contributed by atoms with E-state index in [4.69, 9.17) is 23.8 Å². The number of nitrogen functional groups attached to an aromatic ring is 1. The van der Waals surface area contributed by atoms with E-state index in [1.807, 2.05) is 0 Å². The van der Waals surface area contributed by atoms with Crippen LogP contribution in [0.15, 0.2) is 12.1 Å². The van der Waals surface area contributed by atoms with Crippen molar-refractivity contribution >= 4 is 40.5 Å². The summed E-state index contributed by atoms with van der Waals surface area (Å²) in [4.78, 5) is 27.3. The average molecular weight is 359 g/mol. The van der Waals surface area contributed by atoms with E-state index in [-0.39, 0.29) is 33.4 Å².